The average molecular weight is 178 g/mol. The minimum absolute atomic E-state index is 0.0445. The Labute approximate surface area is 77.8 Å². The Morgan fingerprint density at radius 3 is 2.62 bits per heavy atom. The zero-order valence-corrected chi connectivity index (χ0v) is 7.61. The SMILES string of the molecule is Oc1cncc(C2CCCCC2)n1. The van der Waals surface area contributed by atoms with Crippen molar-refractivity contribution >= 4 is 0 Å². The Morgan fingerprint density at radius 1 is 1.15 bits per heavy atom. The van der Waals surface area contributed by atoms with Crippen LogP contribution >= 0.6 is 0 Å². The van der Waals surface area contributed by atoms with E-state index in [9.17, 15) is 5.11 Å². The smallest absolute Gasteiger partial charge is 0.230 e. The van der Waals surface area contributed by atoms with Crippen molar-refractivity contribution in [2.45, 2.75) is 38.0 Å². The molecule has 0 bridgehead atoms. The third kappa shape index (κ3) is 1.97. The minimum Gasteiger partial charge on any atom is -0.492 e. The van der Waals surface area contributed by atoms with Gasteiger partial charge in [0.2, 0.25) is 5.88 Å². The summed E-state index contributed by atoms with van der Waals surface area (Å²) in [5, 5.41) is 9.17. The summed E-state index contributed by atoms with van der Waals surface area (Å²) in [6.45, 7) is 0. The van der Waals surface area contributed by atoms with Gasteiger partial charge in [0.05, 0.1) is 11.9 Å². The first kappa shape index (κ1) is 8.48. The highest BCUT2D eigenvalue weighted by Crippen LogP contribution is 2.31. The second kappa shape index (κ2) is 3.73. The maximum absolute atomic E-state index is 9.17. The molecule has 1 aliphatic carbocycles. The van der Waals surface area contributed by atoms with Crippen LogP contribution in [0.1, 0.15) is 43.7 Å². The van der Waals surface area contributed by atoms with Crippen molar-refractivity contribution in [2.24, 2.45) is 0 Å². The van der Waals surface area contributed by atoms with Crippen molar-refractivity contribution in [1.82, 2.24) is 9.97 Å². The highest BCUT2D eigenvalue weighted by atomic mass is 16.3. The van der Waals surface area contributed by atoms with E-state index in [0.717, 1.165) is 5.69 Å². The molecule has 0 spiro atoms. The van der Waals surface area contributed by atoms with Gasteiger partial charge in [-0.25, -0.2) is 4.98 Å². The van der Waals surface area contributed by atoms with Gasteiger partial charge in [-0.1, -0.05) is 19.3 Å². The molecule has 70 valence electrons. The number of aromatic hydroxyl groups is 1. The van der Waals surface area contributed by atoms with Gasteiger partial charge in [-0.05, 0) is 12.8 Å². The maximum Gasteiger partial charge on any atom is 0.230 e. The molecule has 0 saturated heterocycles. The topological polar surface area (TPSA) is 46.0 Å². The molecular weight excluding hydrogens is 164 g/mol. The first-order valence-electron chi connectivity index (χ1n) is 4.87. The summed E-state index contributed by atoms with van der Waals surface area (Å²) in [4.78, 5) is 8.04. The van der Waals surface area contributed by atoms with Crippen molar-refractivity contribution in [1.29, 1.82) is 0 Å². The Balaban J connectivity index is 2.14. The molecule has 1 heterocycles. The molecule has 1 N–H and O–H groups in total. The van der Waals surface area contributed by atoms with Crippen LogP contribution in [0.25, 0.3) is 0 Å². The molecular formula is C10H14N2O. The summed E-state index contributed by atoms with van der Waals surface area (Å²) in [6.07, 6.45) is 9.44. The summed E-state index contributed by atoms with van der Waals surface area (Å²) >= 11 is 0. The number of hydrogen-bond acceptors (Lipinski definition) is 3. The van der Waals surface area contributed by atoms with E-state index in [1.54, 1.807) is 6.20 Å². The van der Waals surface area contributed by atoms with E-state index >= 15 is 0 Å². The van der Waals surface area contributed by atoms with E-state index in [4.69, 9.17) is 0 Å². The molecule has 1 saturated carbocycles. The predicted octanol–water partition coefficient (Wildman–Crippen LogP) is 2.23. The van der Waals surface area contributed by atoms with Gasteiger partial charge < -0.3 is 5.11 Å². The molecule has 3 nitrogen and oxygen atoms in total. The van der Waals surface area contributed by atoms with Gasteiger partial charge in [-0.2, -0.15) is 0 Å². The standard InChI is InChI=1S/C10H14N2O/c13-10-7-11-6-9(12-10)8-4-2-1-3-5-8/h6-8H,1-5H2,(H,12,13). The highest BCUT2D eigenvalue weighted by molar-refractivity contribution is 5.11. The van der Waals surface area contributed by atoms with Crippen LogP contribution in [0.15, 0.2) is 12.4 Å². The summed E-state index contributed by atoms with van der Waals surface area (Å²) in [7, 11) is 0. The fraction of sp³-hybridized carbons (Fsp3) is 0.600. The van der Waals surface area contributed by atoms with Gasteiger partial charge in [0.25, 0.3) is 0 Å². The average Bonchev–Trinajstić information content (AvgIpc) is 2.19. The molecule has 0 aromatic carbocycles. The molecule has 0 radical (unpaired) electrons. The summed E-state index contributed by atoms with van der Waals surface area (Å²) in [6, 6.07) is 0. The monoisotopic (exact) mass is 178 g/mol. The van der Waals surface area contributed by atoms with Crippen molar-refractivity contribution in [3.63, 3.8) is 0 Å². The molecule has 1 aromatic rings. The summed E-state index contributed by atoms with van der Waals surface area (Å²) in [5.41, 5.74) is 0.958. The normalized spacial score (nSPS) is 18.8. The molecule has 0 unspecified atom stereocenters. The highest BCUT2D eigenvalue weighted by Gasteiger charge is 2.16. The van der Waals surface area contributed by atoms with E-state index in [1.807, 2.05) is 0 Å². The first-order chi connectivity index (χ1) is 6.36. The fourth-order valence-corrected chi connectivity index (χ4v) is 1.97. The van der Waals surface area contributed by atoms with E-state index in [2.05, 4.69) is 9.97 Å². The first-order valence-corrected chi connectivity index (χ1v) is 4.87. The van der Waals surface area contributed by atoms with Crippen LogP contribution < -0.4 is 0 Å². The lowest BCUT2D eigenvalue weighted by molar-refractivity contribution is 0.416. The van der Waals surface area contributed by atoms with Crippen molar-refractivity contribution < 1.29 is 5.11 Å². The molecule has 3 heteroatoms. The molecule has 0 aliphatic heterocycles. The van der Waals surface area contributed by atoms with Crippen LogP contribution in [0.3, 0.4) is 0 Å². The van der Waals surface area contributed by atoms with E-state index < -0.39 is 0 Å². The van der Waals surface area contributed by atoms with E-state index in [0.29, 0.717) is 5.92 Å². The molecule has 2 rings (SSSR count). The van der Waals surface area contributed by atoms with Crippen molar-refractivity contribution in [3.05, 3.63) is 18.1 Å². The van der Waals surface area contributed by atoms with Gasteiger partial charge in [0, 0.05) is 12.1 Å². The second-order valence-electron chi connectivity index (χ2n) is 3.64. The Bertz CT molecular complexity index is 282. The molecule has 1 aromatic heterocycles. The maximum atomic E-state index is 9.17. The van der Waals surface area contributed by atoms with Gasteiger partial charge in [0.15, 0.2) is 0 Å². The zero-order valence-electron chi connectivity index (χ0n) is 7.61. The van der Waals surface area contributed by atoms with Crippen molar-refractivity contribution in [3.8, 4) is 5.88 Å². The van der Waals surface area contributed by atoms with Gasteiger partial charge in [0.1, 0.15) is 0 Å². The molecule has 0 amide bonds. The van der Waals surface area contributed by atoms with E-state index in [-0.39, 0.29) is 5.88 Å². The largest absolute Gasteiger partial charge is 0.492 e. The Kier molecular flexibility index (Phi) is 2.43. The fourth-order valence-electron chi connectivity index (χ4n) is 1.97. The van der Waals surface area contributed by atoms with Crippen molar-refractivity contribution in [2.75, 3.05) is 0 Å². The Morgan fingerprint density at radius 2 is 1.92 bits per heavy atom. The van der Waals surface area contributed by atoms with Crippen LogP contribution in [-0.2, 0) is 0 Å². The van der Waals surface area contributed by atoms with Crippen LogP contribution in [0.5, 0.6) is 5.88 Å². The molecule has 1 fully saturated rings. The predicted molar refractivity (Wildman–Crippen MR) is 49.5 cm³/mol. The molecule has 0 atom stereocenters. The number of aromatic nitrogens is 2. The quantitative estimate of drug-likeness (QED) is 0.717. The molecule has 13 heavy (non-hydrogen) atoms. The third-order valence-corrected chi connectivity index (χ3v) is 2.66. The summed E-state index contributed by atoms with van der Waals surface area (Å²) in [5.74, 6) is 0.566. The van der Waals surface area contributed by atoms with E-state index in [1.165, 1.54) is 38.3 Å². The van der Waals surface area contributed by atoms with Gasteiger partial charge >= 0.3 is 0 Å². The van der Waals surface area contributed by atoms with Crippen LogP contribution in [0.2, 0.25) is 0 Å². The zero-order chi connectivity index (χ0) is 9.10. The van der Waals surface area contributed by atoms with Crippen LogP contribution in [0.4, 0.5) is 0 Å². The lowest BCUT2D eigenvalue weighted by atomic mass is 9.87. The second-order valence-corrected chi connectivity index (χ2v) is 3.64. The number of rotatable bonds is 1. The lowest BCUT2D eigenvalue weighted by Gasteiger charge is -2.20. The minimum atomic E-state index is 0.0445. The van der Waals surface area contributed by atoms with Gasteiger partial charge in [-0.3, -0.25) is 4.98 Å². The third-order valence-electron chi connectivity index (χ3n) is 2.66. The molecule has 1 aliphatic rings. The number of nitrogens with zero attached hydrogens (tertiary/aromatic N) is 2. The van der Waals surface area contributed by atoms with Crippen LogP contribution in [-0.4, -0.2) is 15.1 Å². The van der Waals surface area contributed by atoms with Crippen LogP contribution in [0, 0.1) is 0 Å². The summed E-state index contributed by atoms with van der Waals surface area (Å²) < 4.78 is 0. The Hall–Kier alpha value is -1.12. The lowest BCUT2D eigenvalue weighted by Crippen LogP contribution is -2.06. The van der Waals surface area contributed by atoms with Gasteiger partial charge in [-0.15, -0.1) is 0 Å². The number of hydrogen-bond donors (Lipinski definition) is 1.